The molecule has 0 fully saturated rings. The van der Waals surface area contributed by atoms with Gasteiger partial charge in [-0.3, -0.25) is 5.10 Å². The monoisotopic (exact) mass is 219 g/mol. The van der Waals surface area contributed by atoms with E-state index in [4.69, 9.17) is 0 Å². The van der Waals surface area contributed by atoms with Gasteiger partial charge >= 0.3 is 5.97 Å². The van der Waals surface area contributed by atoms with E-state index >= 15 is 0 Å². The number of aromatic nitrogens is 3. The van der Waals surface area contributed by atoms with E-state index in [0.29, 0.717) is 17.6 Å². The number of carbonyl (C=O) groups is 1. The average Bonchev–Trinajstić information content (AvgIpc) is 2.51. The number of aromatic amines is 1. The zero-order valence-corrected chi connectivity index (χ0v) is 8.60. The molecule has 0 radical (unpaired) electrons. The Morgan fingerprint density at radius 2 is 2.50 bits per heavy atom. The van der Waals surface area contributed by atoms with Crippen LogP contribution in [0.25, 0.3) is 0 Å². The number of hydrogen-bond donors (Lipinski definition) is 1. The Balaban J connectivity index is 2.48. The Bertz CT molecular complexity index is 318. The van der Waals surface area contributed by atoms with Crippen LogP contribution in [0.1, 0.15) is 12.7 Å². The molecule has 14 heavy (non-hydrogen) atoms. The predicted octanol–water partition coefficient (Wildman–Crippen LogP) is 1.06. The molecule has 0 aliphatic rings. The van der Waals surface area contributed by atoms with E-state index in [1.807, 2.05) is 0 Å². The van der Waals surface area contributed by atoms with Crippen molar-refractivity contribution in [3.63, 3.8) is 0 Å². The number of carbonyl (C=O) groups excluding carboxylic acids is 1. The predicted molar refractivity (Wildman–Crippen MR) is 48.5 cm³/mol. The maximum Gasteiger partial charge on any atom is 0.351 e. The summed E-state index contributed by atoms with van der Waals surface area (Å²) in [6.45, 7) is 3.47. The first-order chi connectivity index (χ1) is 6.63. The Kier molecular flexibility index (Phi) is 3.87. The first kappa shape index (κ1) is 11.0. The highest BCUT2D eigenvalue weighted by molar-refractivity contribution is 8.00. The Labute approximate surface area is 84.4 Å². The summed E-state index contributed by atoms with van der Waals surface area (Å²) in [7, 11) is 0. The fourth-order valence-electron chi connectivity index (χ4n) is 0.723. The molecule has 1 N–H and O–H groups in total. The van der Waals surface area contributed by atoms with Gasteiger partial charge in [-0.15, -0.1) is 5.10 Å². The zero-order valence-electron chi connectivity index (χ0n) is 7.78. The SMILES string of the molecule is CCOC(=O)C(F)Sc1n[nH]c(C)n1. The van der Waals surface area contributed by atoms with E-state index in [2.05, 4.69) is 19.9 Å². The Morgan fingerprint density at radius 3 is 3.00 bits per heavy atom. The number of ether oxygens (including phenoxy) is 1. The second kappa shape index (κ2) is 4.94. The Morgan fingerprint density at radius 1 is 1.79 bits per heavy atom. The molecule has 0 aromatic carbocycles. The molecule has 0 bridgehead atoms. The fraction of sp³-hybridized carbons (Fsp3) is 0.571. The second-order valence-electron chi connectivity index (χ2n) is 2.39. The summed E-state index contributed by atoms with van der Waals surface area (Å²) in [6, 6.07) is 0. The Hall–Kier alpha value is -1.11. The van der Waals surface area contributed by atoms with Crippen molar-refractivity contribution < 1.29 is 13.9 Å². The van der Waals surface area contributed by atoms with Crippen molar-refractivity contribution in [1.29, 1.82) is 0 Å². The minimum Gasteiger partial charge on any atom is -0.463 e. The molecule has 1 aromatic heterocycles. The van der Waals surface area contributed by atoms with Crippen LogP contribution >= 0.6 is 11.8 Å². The second-order valence-corrected chi connectivity index (χ2v) is 3.40. The lowest BCUT2D eigenvalue weighted by molar-refractivity contribution is -0.145. The third kappa shape index (κ3) is 2.99. The van der Waals surface area contributed by atoms with Crippen LogP contribution in [0, 0.1) is 6.92 Å². The summed E-state index contributed by atoms with van der Waals surface area (Å²) < 4.78 is 17.6. The van der Waals surface area contributed by atoms with Crippen molar-refractivity contribution in [2.75, 3.05) is 6.61 Å². The summed E-state index contributed by atoms with van der Waals surface area (Å²) in [6.07, 6.45) is 0. The molecule has 5 nitrogen and oxygen atoms in total. The zero-order chi connectivity index (χ0) is 10.6. The highest BCUT2D eigenvalue weighted by atomic mass is 32.2. The van der Waals surface area contributed by atoms with E-state index in [0.717, 1.165) is 0 Å². The van der Waals surface area contributed by atoms with E-state index in [1.165, 1.54) is 0 Å². The van der Waals surface area contributed by atoms with Gasteiger partial charge in [0.25, 0.3) is 0 Å². The highest BCUT2D eigenvalue weighted by Crippen LogP contribution is 2.21. The van der Waals surface area contributed by atoms with Gasteiger partial charge in [-0.05, 0) is 25.6 Å². The number of rotatable bonds is 4. The van der Waals surface area contributed by atoms with E-state index in [-0.39, 0.29) is 11.8 Å². The van der Waals surface area contributed by atoms with Crippen LogP contribution < -0.4 is 0 Å². The van der Waals surface area contributed by atoms with Gasteiger partial charge in [0.15, 0.2) is 0 Å². The lowest BCUT2D eigenvalue weighted by Gasteiger charge is -2.03. The van der Waals surface area contributed by atoms with Crippen molar-refractivity contribution in [3.8, 4) is 0 Å². The lowest BCUT2D eigenvalue weighted by Crippen LogP contribution is -2.15. The van der Waals surface area contributed by atoms with Gasteiger partial charge in [-0.2, -0.15) is 0 Å². The third-order valence-corrected chi connectivity index (χ3v) is 2.05. The van der Waals surface area contributed by atoms with Crippen molar-refractivity contribution in [2.45, 2.75) is 24.5 Å². The summed E-state index contributed by atoms with van der Waals surface area (Å²) >= 11 is 0.618. The van der Waals surface area contributed by atoms with E-state index < -0.39 is 11.5 Å². The number of esters is 1. The first-order valence-electron chi connectivity index (χ1n) is 4.00. The van der Waals surface area contributed by atoms with Crippen LogP contribution in [0.4, 0.5) is 4.39 Å². The number of H-pyrrole nitrogens is 1. The third-order valence-electron chi connectivity index (χ3n) is 1.26. The molecule has 1 unspecified atom stereocenters. The van der Waals surface area contributed by atoms with Crippen LogP contribution in [0.15, 0.2) is 5.16 Å². The summed E-state index contributed by atoms with van der Waals surface area (Å²) in [4.78, 5) is 14.7. The van der Waals surface area contributed by atoms with Crippen LogP contribution in [-0.2, 0) is 9.53 Å². The number of thioether (sulfide) groups is 1. The largest absolute Gasteiger partial charge is 0.463 e. The molecule has 0 amide bonds. The van der Waals surface area contributed by atoms with Gasteiger partial charge in [0.05, 0.1) is 6.61 Å². The number of alkyl halides is 1. The number of hydrogen-bond acceptors (Lipinski definition) is 5. The fourth-order valence-corrected chi connectivity index (χ4v) is 1.36. The average molecular weight is 219 g/mol. The molecule has 0 aliphatic heterocycles. The minimum atomic E-state index is -1.77. The molecule has 0 saturated heterocycles. The molecule has 1 heterocycles. The van der Waals surface area contributed by atoms with Crippen LogP contribution in [0.2, 0.25) is 0 Å². The molecule has 1 rings (SSSR count). The smallest absolute Gasteiger partial charge is 0.351 e. The summed E-state index contributed by atoms with van der Waals surface area (Å²) in [5.74, 6) is -0.330. The molecule has 0 spiro atoms. The number of aryl methyl sites for hydroxylation is 1. The first-order valence-corrected chi connectivity index (χ1v) is 4.87. The van der Waals surface area contributed by atoms with Gasteiger partial charge < -0.3 is 4.74 Å². The topological polar surface area (TPSA) is 67.9 Å². The van der Waals surface area contributed by atoms with Gasteiger partial charge in [-0.1, -0.05) is 0 Å². The number of nitrogens with zero attached hydrogens (tertiary/aromatic N) is 2. The minimum absolute atomic E-state index is 0.160. The number of halogens is 1. The van der Waals surface area contributed by atoms with Crippen molar-refractivity contribution >= 4 is 17.7 Å². The maximum atomic E-state index is 13.1. The molecule has 1 aromatic rings. The van der Waals surface area contributed by atoms with Gasteiger partial charge in [0.1, 0.15) is 5.82 Å². The lowest BCUT2D eigenvalue weighted by atomic mass is 10.7. The van der Waals surface area contributed by atoms with E-state index in [9.17, 15) is 9.18 Å². The van der Waals surface area contributed by atoms with Crippen molar-refractivity contribution in [3.05, 3.63) is 5.82 Å². The number of nitrogens with one attached hydrogen (secondary N) is 1. The molecule has 7 heteroatoms. The molecule has 1 atom stereocenters. The molecule has 0 aliphatic carbocycles. The van der Waals surface area contributed by atoms with E-state index in [1.54, 1.807) is 13.8 Å². The normalized spacial score (nSPS) is 12.5. The molecular weight excluding hydrogens is 209 g/mol. The standard InChI is InChI=1S/C7H10FN3O2S/c1-3-13-6(12)5(8)14-7-9-4(2)10-11-7/h5H,3H2,1-2H3,(H,9,10,11). The van der Waals surface area contributed by atoms with Crippen LogP contribution in [0.3, 0.4) is 0 Å². The molecule has 0 saturated carbocycles. The van der Waals surface area contributed by atoms with Crippen LogP contribution in [0.5, 0.6) is 0 Å². The van der Waals surface area contributed by atoms with Crippen LogP contribution in [-0.4, -0.2) is 33.3 Å². The maximum absolute atomic E-state index is 13.1. The molecular formula is C7H10FN3O2S. The van der Waals surface area contributed by atoms with Crippen molar-refractivity contribution in [2.24, 2.45) is 0 Å². The molecule has 78 valence electrons. The summed E-state index contributed by atoms with van der Waals surface area (Å²) in [5.41, 5.74) is -1.77. The van der Waals surface area contributed by atoms with Gasteiger partial charge in [0, 0.05) is 0 Å². The van der Waals surface area contributed by atoms with Gasteiger partial charge in [0.2, 0.25) is 10.7 Å². The quantitative estimate of drug-likeness (QED) is 0.606. The van der Waals surface area contributed by atoms with Gasteiger partial charge in [-0.25, -0.2) is 14.2 Å². The van der Waals surface area contributed by atoms with Crippen molar-refractivity contribution in [1.82, 2.24) is 15.2 Å². The highest BCUT2D eigenvalue weighted by Gasteiger charge is 2.21. The summed E-state index contributed by atoms with van der Waals surface area (Å²) in [5, 5.41) is 6.42.